The molecule has 0 bridgehead atoms. The fraction of sp³-hybridized carbons (Fsp3) is 0.476. The summed E-state index contributed by atoms with van der Waals surface area (Å²) >= 11 is 0. The van der Waals surface area contributed by atoms with Gasteiger partial charge in [0, 0.05) is 36.6 Å². The van der Waals surface area contributed by atoms with Gasteiger partial charge in [-0.05, 0) is 57.5 Å². The average Bonchev–Trinajstić information content (AvgIpc) is 3.17. The Bertz CT molecular complexity index is 899. The number of hydrogen-bond acceptors (Lipinski definition) is 6. The Balaban J connectivity index is 1.47. The van der Waals surface area contributed by atoms with Crippen molar-refractivity contribution in [1.82, 2.24) is 20.2 Å². The van der Waals surface area contributed by atoms with Crippen LogP contribution < -0.4 is 27.2 Å². The normalized spacial score (nSPS) is 16.5. The van der Waals surface area contributed by atoms with Gasteiger partial charge in [0.1, 0.15) is 0 Å². The van der Waals surface area contributed by atoms with Gasteiger partial charge in [0.15, 0.2) is 0 Å². The van der Waals surface area contributed by atoms with Crippen LogP contribution in [0.5, 0.6) is 0 Å². The molecule has 9 nitrogen and oxygen atoms in total. The number of aromatic nitrogens is 2. The van der Waals surface area contributed by atoms with Crippen LogP contribution in [0.1, 0.15) is 24.0 Å². The van der Waals surface area contributed by atoms with E-state index in [2.05, 4.69) is 30.8 Å². The number of rotatable bonds is 9. The number of carbonyl (C=O) groups is 1. The summed E-state index contributed by atoms with van der Waals surface area (Å²) in [7, 11) is 0. The Morgan fingerprint density at radius 2 is 2.17 bits per heavy atom. The van der Waals surface area contributed by atoms with Gasteiger partial charge >= 0.3 is 6.03 Å². The fourth-order valence-electron chi connectivity index (χ4n) is 3.53. The van der Waals surface area contributed by atoms with E-state index in [-0.39, 0.29) is 11.5 Å². The van der Waals surface area contributed by atoms with Crippen LogP contribution in [0.3, 0.4) is 0 Å². The lowest BCUT2D eigenvalue weighted by Crippen LogP contribution is -2.34. The fourth-order valence-corrected chi connectivity index (χ4v) is 3.53. The number of benzene rings is 1. The molecule has 0 aliphatic carbocycles. The molecular formula is C21H31N7O2. The lowest BCUT2D eigenvalue weighted by Gasteiger charge is -2.16. The van der Waals surface area contributed by atoms with Crippen molar-refractivity contribution in [3.05, 3.63) is 51.9 Å². The van der Waals surface area contributed by atoms with Crippen molar-refractivity contribution in [3.8, 4) is 0 Å². The molecule has 0 spiro atoms. The number of hydrogen-bond donors (Lipinski definition) is 5. The number of para-hydroxylation sites is 1. The van der Waals surface area contributed by atoms with Gasteiger partial charge in [0.25, 0.3) is 5.56 Å². The van der Waals surface area contributed by atoms with Crippen LogP contribution in [0.4, 0.5) is 16.4 Å². The van der Waals surface area contributed by atoms with Crippen molar-refractivity contribution >= 4 is 17.7 Å². The second kappa shape index (κ2) is 10.9. The molecule has 1 fully saturated rings. The zero-order chi connectivity index (χ0) is 21.3. The number of aryl methyl sites for hydroxylation is 1. The molecule has 1 aromatic carbocycles. The molecule has 0 radical (unpaired) electrons. The molecule has 1 saturated heterocycles. The summed E-state index contributed by atoms with van der Waals surface area (Å²) in [6.45, 7) is 6.37. The van der Waals surface area contributed by atoms with Gasteiger partial charge in [-0.25, -0.2) is 4.79 Å². The zero-order valence-corrected chi connectivity index (χ0v) is 17.4. The molecule has 9 heteroatoms. The van der Waals surface area contributed by atoms with Crippen molar-refractivity contribution in [3.63, 3.8) is 0 Å². The number of urea groups is 1. The molecule has 162 valence electrons. The van der Waals surface area contributed by atoms with Gasteiger partial charge in [-0.15, -0.1) is 0 Å². The summed E-state index contributed by atoms with van der Waals surface area (Å²) in [6, 6.07) is 7.50. The number of H-pyrrole nitrogens is 1. The average molecular weight is 414 g/mol. The summed E-state index contributed by atoms with van der Waals surface area (Å²) in [4.78, 5) is 33.7. The van der Waals surface area contributed by atoms with Crippen molar-refractivity contribution < 1.29 is 4.79 Å². The molecule has 1 aromatic heterocycles. The minimum Gasteiger partial charge on any atom is -0.332 e. The summed E-state index contributed by atoms with van der Waals surface area (Å²) in [5, 5.41) is 8.83. The molecule has 2 aromatic rings. The highest BCUT2D eigenvalue weighted by Crippen LogP contribution is 2.13. The number of nitrogens with two attached hydrogens (primary N) is 1. The number of likely N-dealkylation sites (tertiary alicyclic amines) is 1. The predicted molar refractivity (Wildman–Crippen MR) is 119 cm³/mol. The number of carbonyl (C=O) groups excluding carboxylic acids is 1. The van der Waals surface area contributed by atoms with Crippen molar-refractivity contribution in [2.24, 2.45) is 5.73 Å². The minimum absolute atomic E-state index is 0.125. The van der Waals surface area contributed by atoms with Crippen LogP contribution >= 0.6 is 0 Å². The second-order valence-electron chi connectivity index (χ2n) is 7.61. The number of anilines is 2. The first kappa shape index (κ1) is 21.9. The van der Waals surface area contributed by atoms with Gasteiger partial charge < -0.3 is 26.3 Å². The van der Waals surface area contributed by atoms with Crippen molar-refractivity contribution in [2.75, 3.05) is 43.4 Å². The molecule has 6 N–H and O–H groups in total. The lowest BCUT2D eigenvalue weighted by atomic mass is 10.2. The maximum Gasteiger partial charge on any atom is 0.326 e. The van der Waals surface area contributed by atoms with Crippen LogP contribution in [-0.2, 0) is 6.42 Å². The van der Waals surface area contributed by atoms with Gasteiger partial charge in [0.05, 0.1) is 0 Å². The molecule has 30 heavy (non-hydrogen) atoms. The van der Waals surface area contributed by atoms with Crippen LogP contribution in [0.15, 0.2) is 35.3 Å². The first-order valence-electron chi connectivity index (χ1n) is 10.4. The van der Waals surface area contributed by atoms with E-state index < -0.39 is 6.03 Å². The SMILES string of the molecule is Cc1ccccc1NC(=O)Nc1nc(=O)c(CCN2CC[C@H](NCCCN)C2)c[nH]1. The van der Waals surface area contributed by atoms with E-state index in [9.17, 15) is 9.59 Å². The van der Waals surface area contributed by atoms with Crippen molar-refractivity contribution in [1.29, 1.82) is 0 Å². The highest BCUT2D eigenvalue weighted by molar-refractivity contribution is 5.99. The van der Waals surface area contributed by atoms with E-state index in [1.807, 2.05) is 31.2 Å². The standard InChI is InChI=1S/C21H31N7O2/c1-15-5-2-3-6-18(15)25-21(30)27-20-24-13-16(19(29)26-20)7-11-28-12-8-17(14-28)23-10-4-9-22/h2-3,5-6,13,17,23H,4,7-12,14,22H2,1H3,(H3,24,25,26,27,29,30)/t17-/m0/s1. The molecular weight excluding hydrogens is 382 g/mol. The number of aromatic amines is 1. The quantitative estimate of drug-likeness (QED) is 0.394. The van der Waals surface area contributed by atoms with E-state index in [4.69, 9.17) is 5.73 Å². The number of amides is 2. The molecule has 1 aliphatic rings. The maximum absolute atomic E-state index is 12.3. The zero-order valence-electron chi connectivity index (χ0n) is 17.4. The summed E-state index contributed by atoms with van der Waals surface area (Å²) in [6.07, 6.45) is 4.35. The smallest absolute Gasteiger partial charge is 0.326 e. The van der Waals surface area contributed by atoms with E-state index in [0.717, 1.165) is 44.6 Å². The summed E-state index contributed by atoms with van der Waals surface area (Å²) in [5.41, 5.74) is 7.47. The Labute approximate surface area is 176 Å². The third kappa shape index (κ3) is 6.38. The van der Waals surface area contributed by atoms with E-state index in [1.165, 1.54) is 0 Å². The molecule has 3 rings (SSSR count). The van der Waals surface area contributed by atoms with Gasteiger partial charge in [-0.2, -0.15) is 4.98 Å². The third-order valence-corrected chi connectivity index (χ3v) is 5.28. The van der Waals surface area contributed by atoms with Gasteiger partial charge in [0.2, 0.25) is 5.95 Å². The van der Waals surface area contributed by atoms with Crippen LogP contribution in [0.2, 0.25) is 0 Å². The summed E-state index contributed by atoms with van der Waals surface area (Å²) < 4.78 is 0. The topological polar surface area (TPSA) is 128 Å². The van der Waals surface area contributed by atoms with Gasteiger partial charge in [-0.1, -0.05) is 18.2 Å². The van der Waals surface area contributed by atoms with E-state index in [0.29, 0.717) is 30.3 Å². The molecule has 2 heterocycles. The number of nitrogens with zero attached hydrogens (tertiary/aromatic N) is 2. The summed E-state index contributed by atoms with van der Waals surface area (Å²) in [5.74, 6) is 0.125. The minimum atomic E-state index is -0.453. The van der Waals surface area contributed by atoms with Crippen molar-refractivity contribution in [2.45, 2.75) is 32.2 Å². The van der Waals surface area contributed by atoms with Crippen LogP contribution in [0.25, 0.3) is 0 Å². The van der Waals surface area contributed by atoms with Gasteiger partial charge in [-0.3, -0.25) is 10.1 Å². The molecule has 1 atom stereocenters. The highest BCUT2D eigenvalue weighted by atomic mass is 16.2. The first-order chi connectivity index (χ1) is 14.5. The van der Waals surface area contributed by atoms with Crippen LogP contribution in [0, 0.1) is 6.92 Å². The first-order valence-corrected chi connectivity index (χ1v) is 10.4. The van der Waals surface area contributed by atoms with E-state index in [1.54, 1.807) is 6.20 Å². The Hall–Kier alpha value is -2.75. The molecule has 0 unspecified atom stereocenters. The largest absolute Gasteiger partial charge is 0.332 e. The monoisotopic (exact) mass is 413 g/mol. The third-order valence-electron chi connectivity index (χ3n) is 5.28. The molecule has 1 aliphatic heterocycles. The lowest BCUT2D eigenvalue weighted by molar-refractivity contribution is 0.262. The highest BCUT2D eigenvalue weighted by Gasteiger charge is 2.21. The Kier molecular flexibility index (Phi) is 7.95. The molecule has 2 amide bonds. The van der Waals surface area contributed by atoms with Crippen LogP contribution in [-0.4, -0.2) is 59.7 Å². The van der Waals surface area contributed by atoms with E-state index >= 15 is 0 Å². The Morgan fingerprint density at radius 3 is 2.93 bits per heavy atom. The Morgan fingerprint density at radius 1 is 1.33 bits per heavy atom. The maximum atomic E-state index is 12.3. The molecule has 0 saturated carbocycles. The number of nitrogens with one attached hydrogen (secondary N) is 4. The second-order valence-corrected chi connectivity index (χ2v) is 7.61. The predicted octanol–water partition coefficient (Wildman–Crippen LogP) is 1.28.